The van der Waals surface area contributed by atoms with Gasteiger partial charge in [-0.05, 0) is 60.0 Å². The second-order valence-corrected chi connectivity index (χ2v) is 9.28. The number of carbonyl (C=O) groups is 2. The normalized spacial score (nSPS) is 15.3. The molecule has 0 spiro atoms. The molecule has 1 fully saturated rings. The van der Waals surface area contributed by atoms with Gasteiger partial charge >= 0.3 is 12.1 Å². The molecule has 1 saturated heterocycles. The number of halogens is 4. The molecule has 0 aliphatic carbocycles. The van der Waals surface area contributed by atoms with Crippen molar-refractivity contribution in [3.63, 3.8) is 0 Å². The van der Waals surface area contributed by atoms with Gasteiger partial charge in [-0.1, -0.05) is 30.3 Å². The predicted octanol–water partition coefficient (Wildman–Crippen LogP) is 4.72. The number of nitrogens with one attached hydrogen (secondary N) is 2. The fraction of sp³-hybridized carbons (Fsp3) is 0.276. The molecule has 3 aromatic carbocycles. The van der Waals surface area contributed by atoms with Gasteiger partial charge in [-0.15, -0.1) is 0 Å². The number of hydrogen-bond donors (Lipinski definition) is 3. The minimum atomic E-state index is -5.08. The van der Waals surface area contributed by atoms with E-state index in [-0.39, 0.29) is 18.3 Å². The minimum absolute atomic E-state index is 0.265. The van der Waals surface area contributed by atoms with Crippen LogP contribution in [-0.2, 0) is 17.9 Å². The van der Waals surface area contributed by atoms with Crippen LogP contribution >= 0.6 is 0 Å². The molecule has 40 heavy (non-hydrogen) atoms. The Kier molecular flexibility index (Phi) is 10.4. The first kappa shape index (κ1) is 30.3. The Morgan fingerprint density at radius 1 is 1.10 bits per heavy atom. The van der Waals surface area contributed by atoms with E-state index in [1.807, 2.05) is 24.3 Å². The van der Waals surface area contributed by atoms with Crippen LogP contribution in [0.15, 0.2) is 66.7 Å². The van der Waals surface area contributed by atoms with Gasteiger partial charge in [-0.3, -0.25) is 9.69 Å². The lowest BCUT2D eigenvalue weighted by Gasteiger charge is -2.31. The summed E-state index contributed by atoms with van der Waals surface area (Å²) in [5.74, 6) is -3.32. The summed E-state index contributed by atoms with van der Waals surface area (Å²) in [5, 5.41) is 22.4. The lowest BCUT2D eigenvalue weighted by atomic mass is 10.00. The molecule has 4 rings (SSSR count). The lowest BCUT2D eigenvalue weighted by Crippen LogP contribution is -2.48. The van der Waals surface area contributed by atoms with Crippen molar-refractivity contribution >= 4 is 11.9 Å². The first-order valence-electron chi connectivity index (χ1n) is 12.4. The average Bonchev–Trinajstić information content (AvgIpc) is 2.92. The first-order valence-corrected chi connectivity index (χ1v) is 12.4. The van der Waals surface area contributed by atoms with Crippen LogP contribution in [0.2, 0.25) is 0 Å². The summed E-state index contributed by atoms with van der Waals surface area (Å²) in [5.41, 5.74) is 4.15. The highest BCUT2D eigenvalue weighted by Gasteiger charge is 2.38. The Bertz CT molecular complexity index is 1390. The van der Waals surface area contributed by atoms with Crippen molar-refractivity contribution in [2.24, 2.45) is 0 Å². The van der Waals surface area contributed by atoms with E-state index in [1.165, 1.54) is 6.07 Å². The smallest absolute Gasteiger partial charge is 0.475 e. The Balaban J connectivity index is 0.000000559. The topological polar surface area (TPSA) is 105 Å². The quantitative estimate of drug-likeness (QED) is 0.380. The zero-order chi connectivity index (χ0) is 29.3. The zero-order valence-corrected chi connectivity index (χ0v) is 21.6. The van der Waals surface area contributed by atoms with Crippen molar-refractivity contribution in [2.75, 3.05) is 19.6 Å². The van der Waals surface area contributed by atoms with E-state index < -0.39 is 12.1 Å². The number of alkyl halides is 3. The van der Waals surface area contributed by atoms with Crippen LogP contribution in [0.25, 0.3) is 11.1 Å². The Labute approximate surface area is 229 Å². The van der Waals surface area contributed by atoms with Gasteiger partial charge in [-0.25, -0.2) is 9.18 Å². The third-order valence-corrected chi connectivity index (χ3v) is 6.08. The molecular weight excluding hydrogens is 528 g/mol. The number of rotatable bonds is 6. The number of hydrogen-bond acceptors (Lipinski definition) is 5. The van der Waals surface area contributed by atoms with Gasteiger partial charge in [0.15, 0.2) is 0 Å². The van der Waals surface area contributed by atoms with Gasteiger partial charge in [0.2, 0.25) is 0 Å². The fourth-order valence-corrected chi connectivity index (χ4v) is 4.17. The molecule has 210 valence electrons. The molecule has 1 atom stereocenters. The van der Waals surface area contributed by atoms with Gasteiger partial charge in [0.25, 0.3) is 5.91 Å². The zero-order valence-electron chi connectivity index (χ0n) is 21.6. The molecule has 1 heterocycles. The van der Waals surface area contributed by atoms with Gasteiger partial charge < -0.3 is 15.7 Å². The molecule has 0 bridgehead atoms. The number of aliphatic carboxylic acids is 1. The lowest BCUT2D eigenvalue weighted by molar-refractivity contribution is -0.192. The van der Waals surface area contributed by atoms with Crippen molar-refractivity contribution in [1.82, 2.24) is 15.5 Å². The number of nitriles is 1. The maximum atomic E-state index is 14.7. The van der Waals surface area contributed by atoms with Crippen LogP contribution in [0, 0.1) is 17.1 Å². The molecule has 3 aromatic rings. The Morgan fingerprint density at radius 2 is 1.82 bits per heavy atom. The molecule has 0 aromatic heterocycles. The number of nitrogens with zero attached hydrogens (tertiary/aromatic N) is 2. The van der Waals surface area contributed by atoms with Crippen molar-refractivity contribution in [1.29, 1.82) is 5.26 Å². The number of carbonyl (C=O) groups excluding carboxylic acids is 1. The average molecular weight is 557 g/mol. The van der Waals surface area contributed by atoms with E-state index >= 15 is 0 Å². The van der Waals surface area contributed by atoms with Crippen molar-refractivity contribution < 1.29 is 32.3 Å². The van der Waals surface area contributed by atoms with E-state index in [1.54, 1.807) is 36.4 Å². The van der Waals surface area contributed by atoms with Crippen LogP contribution in [0.3, 0.4) is 0 Å². The van der Waals surface area contributed by atoms with Gasteiger partial charge in [-0.2, -0.15) is 18.4 Å². The number of amides is 1. The fourth-order valence-electron chi connectivity index (χ4n) is 4.17. The molecule has 7 nitrogen and oxygen atoms in total. The number of benzene rings is 3. The molecular formula is C29H28F4N4O3. The minimum Gasteiger partial charge on any atom is -0.475 e. The third kappa shape index (κ3) is 8.90. The molecule has 1 aliphatic rings. The SMILES string of the molecule is C[C@H]1CN(Cc2cccc(-c3cc(CNC(=O)c4cccc(C#N)c4)ccc3F)c2)CCN1.O=C(O)C(F)(F)F. The monoisotopic (exact) mass is 556 g/mol. The van der Waals surface area contributed by atoms with Crippen LogP contribution < -0.4 is 10.6 Å². The van der Waals surface area contributed by atoms with Gasteiger partial charge in [0, 0.05) is 49.9 Å². The van der Waals surface area contributed by atoms with Crippen LogP contribution in [-0.4, -0.2) is 53.7 Å². The van der Waals surface area contributed by atoms with Crippen LogP contribution in [0.5, 0.6) is 0 Å². The predicted molar refractivity (Wildman–Crippen MR) is 141 cm³/mol. The van der Waals surface area contributed by atoms with Crippen molar-refractivity contribution in [2.45, 2.75) is 32.2 Å². The summed E-state index contributed by atoms with van der Waals surface area (Å²) in [6.07, 6.45) is -5.08. The summed E-state index contributed by atoms with van der Waals surface area (Å²) < 4.78 is 46.4. The molecule has 0 radical (unpaired) electrons. The van der Waals surface area contributed by atoms with E-state index in [0.29, 0.717) is 22.7 Å². The summed E-state index contributed by atoms with van der Waals surface area (Å²) in [4.78, 5) is 23.8. The second kappa shape index (κ2) is 13.7. The summed E-state index contributed by atoms with van der Waals surface area (Å²) >= 11 is 0. The molecule has 11 heteroatoms. The Morgan fingerprint density at radius 3 is 2.50 bits per heavy atom. The largest absolute Gasteiger partial charge is 0.490 e. The second-order valence-electron chi connectivity index (χ2n) is 9.28. The van der Waals surface area contributed by atoms with Gasteiger partial charge in [0.05, 0.1) is 11.6 Å². The highest BCUT2D eigenvalue weighted by atomic mass is 19.4. The Hall–Kier alpha value is -4.27. The third-order valence-electron chi connectivity index (χ3n) is 6.08. The van der Waals surface area contributed by atoms with Crippen LogP contribution in [0.4, 0.5) is 17.6 Å². The summed E-state index contributed by atoms with van der Waals surface area (Å²) in [6.45, 7) is 6.24. The molecule has 0 saturated carbocycles. The van der Waals surface area contributed by atoms with E-state index in [0.717, 1.165) is 42.9 Å². The highest BCUT2D eigenvalue weighted by molar-refractivity contribution is 5.94. The van der Waals surface area contributed by atoms with Crippen molar-refractivity contribution in [3.05, 3.63) is 94.8 Å². The highest BCUT2D eigenvalue weighted by Crippen LogP contribution is 2.26. The van der Waals surface area contributed by atoms with E-state index in [4.69, 9.17) is 15.2 Å². The standard InChI is InChI=1S/C27H27FN4O.C2HF3O2/c1-19-17-32(11-10-30-19)18-22-5-3-6-23(13-22)25-14-21(8-9-26(25)28)16-31-27(33)24-7-2-4-20(12-24)15-29;3-2(4,5)1(6)7/h2-9,12-14,19,30H,10-11,16-18H2,1H3,(H,31,33);(H,6,7)/t19-;/m0./s1. The summed E-state index contributed by atoms with van der Waals surface area (Å²) in [6, 6.07) is 21.9. The van der Waals surface area contributed by atoms with Gasteiger partial charge in [0.1, 0.15) is 5.82 Å². The number of piperazine rings is 1. The molecule has 0 unspecified atom stereocenters. The first-order chi connectivity index (χ1) is 19.0. The maximum absolute atomic E-state index is 14.7. The van der Waals surface area contributed by atoms with Crippen molar-refractivity contribution in [3.8, 4) is 17.2 Å². The number of carboxylic acids is 1. The van der Waals surface area contributed by atoms with Crippen LogP contribution in [0.1, 0.15) is 34.0 Å². The maximum Gasteiger partial charge on any atom is 0.490 e. The number of carboxylic acid groups (broad SMARTS) is 1. The molecule has 3 N–H and O–H groups in total. The molecule has 1 aliphatic heterocycles. The van der Waals surface area contributed by atoms with E-state index in [2.05, 4.69) is 28.5 Å². The molecule has 1 amide bonds. The summed E-state index contributed by atoms with van der Waals surface area (Å²) in [7, 11) is 0. The van der Waals surface area contributed by atoms with E-state index in [9.17, 15) is 22.4 Å².